The molecule has 0 fully saturated rings. The molecular weight excluding hydrogens is 194 g/mol. The molecule has 0 aliphatic carbocycles. The SMILES string of the molecule is CCC(C)C(C)NCc1cc(C)cc(C)c1. The highest BCUT2D eigenvalue weighted by molar-refractivity contribution is 5.28. The molecule has 1 N–H and O–H groups in total. The average molecular weight is 219 g/mol. The van der Waals surface area contributed by atoms with E-state index in [2.05, 4.69) is 58.1 Å². The highest BCUT2D eigenvalue weighted by Gasteiger charge is 2.08. The molecule has 2 unspecified atom stereocenters. The Bertz CT molecular complexity index is 310. The standard InChI is InChI=1S/C15H25N/c1-6-13(4)14(5)16-10-15-8-11(2)7-12(3)9-15/h7-9,13-14,16H,6,10H2,1-5H3. The molecule has 1 aromatic carbocycles. The molecule has 0 aliphatic heterocycles. The van der Waals surface area contributed by atoms with Gasteiger partial charge in [0.15, 0.2) is 0 Å². The smallest absolute Gasteiger partial charge is 0.0208 e. The van der Waals surface area contributed by atoms with Crippen LogP contribution in [0.4, 0.5) is 0 Å². The molecule has 1 nitrogen and oxygen atoms in total. The fraction of sp³-hybridized carbons (Fsp3) is 0.600. The van der Waals surface area contributed by atoms with Crippen LogP contribution < -0.4 is 5.32 Å². The Morgan fingerprint density at radius 2 is 1.62 bits per heavy atom. The Kier molecular flexibility index (Phi) is 5.01. The molecule has 1 rings (SSSR count). The Morgan fingerprint density at radius 1 is 1.06 bits per heavy atom. The highest BCUT2D eigenvalue weighted by atomic mass is 14.9. The lowest BCUT2D eigenvalue weighted by Crippen LogP contribution is -2.31. The van der Waals surface area contributed by atoms with Crippen LogP contribution in [-0.4, -0.2) is 6.04 Å². The van der Waals surface area contributed by atoms with Crippen molar-refractivity contribution >= 4 is 0 Å². The number of hydrogen-bond donors (Lipinski definition) is 1. The topological polar surface area (TPSA) is 12.0 Å². The van der Waals surface area contributed by atoms with Gasteiger partial charge < -0.3 is 5.32 Å². The monoisotopic (exact) mass is 219 g/mol. The lowest BCUT2D eigenvalue weighted by Gasteiger charge is -2.20. The largest absolute Gasteiger partial charge is 0.310 e. The van der Waals surface area contributed by atoms with Crippen LogP contribution in [0.25, 0.3) is 0 Å². The molecule has 0 saturated heterocycles. The second-order valence-corrected chi connectivity index (χ2v) is 5.05. The van der Waals surface area contributed by atoms with Gasteiger partial charge in [0.25, 0.3) is 0 Å². The summed E-state index contributed by atoms with van der Waals surface area (Å²) < 4.78 is 0. The third kappa shape index (κ3) is 3.97. The van der Waals surface area contributed by atoms with Crippen molar-refractivity contribution in [2.75, 3.05) is 0 Å². The van der Waals surface area contributed by atoms with E-state index in [1.807, 2.05) is 0 Å². The van der Waals surface area contributed by atoms with E-state index >= 15 is 0 Å². The second-order valence-electron chi connectivity index (χ2n) is 5.05. The van der Waals surface area contributed by atoms with Crippen LogP contribution in [0.2, 0.25) is 0 Å². The van der Waals surface area contributed by atoms with Crippen molar-refractivity contribution in [3.8, 4) is 0 Å². The Morgan fingerprint density at radius 3 is 2.12 bits per heavy atom. The fourth-order valence-electron chi connectivity index (χ4n) is 2.00. The first kappa shape index (κ1) is 13.2. The summed E-state index contributed by atoms with van der Waals surface area (Å²) in [5, 5.41) is 3.60. The van der Waals surface area contributed by atoms with E-state index in [1.54, 1.807) is 0 Å². The van der Waals surface area contributed by atoms with E-state index < -0.39 is 0 Å². The van der Waals surface area contributed by atoms with Gasteiger partial charge in [0.05, 0.1) is 0 Å². The zero-order valence-electron chi connectivity index (χ0n) is 11.3. The zero-order chi connectivity index (χ0) is 12.1. The molecule has 0 saturated carbocycles. The molecule has 0 heterocycles. The number of nitrogens with one attached hydrogen (secondary N) is 1. The lowest BCUT2D eigenvalue weighted by atomic mass is 10.0. The van der Waals surface area contributed by atoms with Gasteiger partial charge in [-0.1, -0.05) is 49.6 Å². The van der Waals surface area contributed by atoms with Crippen LogP contribution in [0, 0.1) is 19.8 Å². The molecule has 1 aromatic rings. The van der Waals surface area contributed by atoms with E-state index in [0.29, 0.717) is 6.04 Å². The van der Waals surface area contributed by atoms with E-state index in [1.165, 1.54) is 23.1 Å². The van der Waals surface area contributed by atoms with Crippen molar-refractivity contribution in [1.29, 1.82) is 0 Å². The maximum atomic E-state index is 3.60. The summed E-state index contributed by atoms with van der Waals surface area (Å²) in [7, 11) is 0. The number of benzene rings is 1. The Hall–Kier alpha value is -0.820. The minimum atomic E-state index is 0.589. The first-order valence-corrected chi connectivity index (χ1v) is 6.33. The predicted molar refractivity (Wildman–Crippen MR) is 71.7 cm³/mol. The molecule has 0 bridgehead atoms. The normalized spacial score (nSPS) is 14.8. The van der Waals surface area contributed by atoms with E-state index in [9.17, 15) is 0 Å². The van der Waals surface area contributed by atoms with E-state index in [-0.39, 0.29) is 0 Å². The van der Waals surface area contributed by atoms with Gasteiger partial charge in [-0.05, 0) is 32.3 Å². The Labute approximate surface area is 100 Å². The summed E-state index contributed by atoms with van der Waals surface area (Å²) in [6.07, 6.45) is 1.24. The van der Waals surface area contributed by atoms with Crippen LogP contribution in [0.3, 0.4) is 0 Å². The van der Waals surface area contributed by atoms with Gasteiger partial charge in [-0.3, -0.25) is 0 Å². The maximum absolute atomic E-state index is 3.60. The summed E-state index contributed by atoms with van der Waals surface area (Å²) in [6.45, 7) is 12.1. The van der Waals surface area contributed by atoms with E-state index in [0.717, 1.165) is 12.5 Å². The summed E-state index contributed by atoms with van der Waals surface area (Å²) in [4.78, 5) is 0. The van der Waals surface area contributed by atoms with Crippen molar-refractivity contribution in [3.63, 3.8) is 0 Å². The van der Waals surface area contributed by atoms with Gasteiger partial charge in [0.1, 0.15) is 0 Å². The first-order chi connectivity index (χ1) is 7.52. The second kappa shape index (κ2) is 6.05. The van der Waals surface area contributed by atoms with Gasteiger partial charge in [-0.2, -0.15) is 0 Å². The lowest BCUT2D eigenvalue weighted by molar-refractivity contribution is 0.389. The summed E-state index contributed by atoms with van der Waals surface area (Å²) >= 11 is 0. The molecule has 16 heavy (non-hydrogen) atoms. The molecular formula is C15H25N. The predicted octanol–water partition coefficient (Wildman–Crippen LogP) is 3.83. The van der Waals surface area contributed by atoms with Crippen molar-refractivity contribution in [2.45, 2.75) is 53.6 Å². The van der Waals surface area contributed by atoms with Crippen LogP contribution in [0.5, 0.6) is 0 Å². The average Bonchev–Trinajstić information content (AvgIpc) is 2.23. The first-order valence-electron chi connectivity index (χ1n) is 6.33. The van der Waals surface area contributed by atoms with Gasteiger partial charge in [0.2, 0.25) is 0 Å². The van der Waals surface area contributed by atoms with Gasteiger partial charge in [0, 0.05) is 12.6 Å². The van der Waals surface area contributed by atoms with Crippen molar-refractivity contribution in [3.05, 3.63) is 34.9 Å². The molecule has 0 amide bonds. The van der Waals surface area contributed by atoms with Crippen molar-refractivity contribution < 1.29 is 0 Å². The van der Waals surface area contributed by atoms with Gasteiger partial charge in [-0.25, -0.2) is 0 Å². The van der Waals surface area contributed by atoms with Crippen LogP contribution in [0.15, 0.2) is 18.2 Å². The number of aryl methyl sites for hydroxylation is 2. The molecule has 0 spiro atoms. The summed E-state index contributed by atoms with van der Waals surface area (Å²) in [5.41, 5.74) is 4.11. The molecule has 0 aromatic heterocycles. The molecule has 0 aliphatic rings. The molecule has 1 heteroatoms. The minimum Gasteiger partial charge on any atom is -0.310 e. The van der Waals surface area contributed by atoms with Gasteiger partial charge in [-0.15, -0.1) is 0 Å². The quantitative estimate of drug-likeness (QED) is 0.793. The van der Waals surface area contributed by atoms with Crippen LogP contribution in [0.1, 0.15) is 43.9 Å². The fourth-order valence-corrected chi connectivity index (χ4v) is 2.00. The highest BCUT2D eigenvalue weighted by Crippen LogP contribution is 2.11. The third-order valence-corrected chi connectivity index (χ3v) is 3.41. The van der Waals surface area contributed by atoms with Crippen molar-refractivity contribution in [1.82, 2.24) is 5.32 Å². The Balaban J connectivity index is 2.54. The van der Waals surface area contributed by atoms with Gasteiger partial charge >= 0.3 is 0 Å². The third-order valence-electron chi connectivity index (χ3n) is 3.41. The van der Waals surface area contributed by atoms with Crippen molar-refractivity contribution in [2.24, 2.45) is 5.92 Å². The maximum Gasteiger partial charge on any atom is 0.0208 e. The summed E-state index contributed by atoms with van der Waals surface area (Å²) in [6, 6.07) is 7.35. The molecule has 0 radical (unpaired) electrons. The van der Waals surface area contributed by atoms with Crippen LogP contribution in [-0.2, 0) is 6.54 Å². The van der Waals surface area contributed by atoms with Crippen LogP contribution >= 0.6 is 0 Å². The zero-order valence-corrected chi connectivity index (χ0v) is 11.3. The minimum absolute atomic E-state index is 0.589. The molecule has 2 atom stereocenters. The molecule has 90 valence electrons. The van der Waals surface area contributed by atoms with E-state index in [4.69, 9.17) is 0 Å². The summed E-state index contributed by atoms with van der Waals surface area (Å²) in [5.74, 6) is 0.742. The number of rotatable bonds is 5. The number of hydrogen-bond acceptors (Lipinski definition) is 1.